The Morgan fingerprint density at radius 1 is 0.814 bits per heavy atom. The van der Waals surface area contributed by atoms with Gasteiger partial charge in [-0.1, -0.05) is 123 Å². The first kappa shape index (κ1) is 29.2. The molecule has 0 bridgehead atoms. The number of halogens is 1. The van der Waals surface area contributed by atoms with Gasteiger partial charge in [-0.25, -0.2) is 0 Å². The van der Waals surface area contributed by atoms with E-state index in [1.54, 1.807) is 0 Å². The summed E-state index contributed by atoms with van der Waals surface area (Å²) in [5.74, 6) is 0. The van der Waals surface area contributed by atoms with Gasteiger partial charge in [-0.15, -0.1) is 0 Å². The topological polar surface area (TPSA) is 17.3 Å². The van der Waals surface area contributed by atoms with Crippen LogP contribution in [0, 0.1) is 0 Å². The quantitative estimate of drug-likeness (QED) is 0.115. The van der Waals surface area contributed by atoms with Gasteiger partial charge in [-0.2, -0.15) is 0 Å². The largest absolute Gasteiger partial charge is 0.340 e. The second-order valence-corrected chi connectivity index (χ2v) is 12.0. The molecule has 0 aliphatic heterocycles. The Morgan fingerprint density at radius 2 is 1.56 bits per heavy atom. The highest BCUT2D eigenvalue weighted by molar-refractivity contribution is 6.32. The summed E-state index contributed by atoms with van der Waals surface area (Å²) in [7, 11) is 0. The zero-order valence-corrected chi connectivity index (χ0v) is 26.2. The summed E-state index contributed by atoms with van der Waals surface area (Å²) in [6, 6.07) is 28.4. The molecule has 1 aromatic heterocycles. The predicted octanol–water partition coefficient (Wildman–Crippen LogP) is 10.7. The number of rotatable bonds is 10. The number of nitrogens with zero attached hydrogens (tertiary/aromatic N) is 2. The highest BCUT2D eigenvalue weighted by Gasteiger charge is 2.15. The first-order valence-electron chi connectivity index (χ1n) is 16.0. The Kier molecular flexibility index (Phi) is 9.24. The van der Waals surface area contributed by atoms with Crippen molar-refractivity contribution in [2.24, 2.45) is 4.99 Å². The number of allylic oxidation sites excluding steroid dienone is 6. The van der Waals surface area contributed by atoms with Crippen molar-refractivity contribution in [1.82, 2.24) is 4.57 Å². The molecule has 0 unspecified atom stereocenters. The van der Waals surface area contributed by atoms with Gasteiger partial charge in [0.05, 0.1) is 5.71 Å². The van der Waals surface area contributed by atoms with Crippen LogP contribution in [0.2, 0.25) is 0 Å². The fourth-order valence-corrected chi connectivity index (χ4v) is 6.69. The molecule has 3 heteroatoms. The Hall–Kier alpha value is -3.88. The second-order valence-electron chi connectivity index (χ2n) is 11.6. The van der Waals surface area contributed by atoms with Gasteiger partial charge in [0.15, 0.2) is 0 Å². The van der Waals surface area contributed by atoms with Gasteiger partial charge in [-0.3, -0.25) is 4.99 Å². The van der Waals surface area contributed by atoms with Crippen LogP contribution in [0.4, 0.5) is 0 Å². The van der Waals surface area contributed by atoms with E-state index in [9.17, 15) is 0 Å². The molecule has 4 aromatic carbocycles. The van der Waals surface area contributed by atoms with Gasteiger partial charge in [0, 0.05) is 45.3 Å². The molecule has 0 fully saturated rings. The summed E-state index contributed by atoms with van der Waals surface area (Å²) in [6.45, 7) is 6.32. The molecular formula is C40H41ClN2. The molecule has 6 rings (SSSR count). The fourth-order valence-electron chi connectivity index (χ4n) is 6.37. The van der Waals surface area contributed by atoms with E-state index in [4.69, 9.17) is 16.6 Å². The standard InChI is InChI=1S/C40H41ClN2/c1-3-5-27-42-36(34-20-10-14-29-13-7-8-19-33(29)34)25-23-31-17-9-18-32(40(31)41)24-26-37-35-21-11-15-30-16-12-22-38(39(30)35)43(37)28-6-4-2/h7-8,10-16,19-26H,3-6,9,17-18,27-28H2,1-2H3/b25-23+,32-24+,37-26+,42-36+. The molecule has 5 aromatic rings. The number of aliphatic imine (C=N–C) groups is 1. The van der Waals surface area contributed by atoms with E-state index in [1.807, 2.05) is 0 Å². The van der Waals surface area contributed by atoms with E-state index < -0.39 is 0 Å². The van der Waals surface area contributed by atoms with Gasteiger partial charge in [0.2, 0.25) is 0 Å². The Balaban J connectivity index is 1.39. The normalized spacial score (nSPS) is 16.2. The van der Waals surface area contributed by atoms with Crippen LogP contribution in [-0.2, 0) is 6.54 Å². The maximum Gasteiger partial charge on any atom is 0.0652 e. The van der Waals surface area contributed by atoms with Crippen LogP contribution in [0.3, 0.4) is 0 Å². The van der Waals surface area contributed by atoms with Crippen molar-refractivity contribution >= 4 is 55.8 Å². The third kappa shape index (κ3) is 6.12. The van der Waals surface area contributed by atoms with E-state index >= 15 is 0 Å². The minimum absolute atomic E-state index is 0.828. The number of benzene rings is 4. The Bertz CT molecular complexity index is 1920. The average molecular weight is 585 g/mol. The monoisotopic (exact) mass is 584 g/mol. The lowest BCUT2D eigenvalue weighted by atomic mass is 9.93. The Labute approximate surface area is 260 Å². The van der Waals surface area contributed by atoms with Crippen LogP contribution in [0.5, 0.6) is 0 Å². The first-order valence-corrected chi connectivity index (χ1v) is 16.4. The maximum atomic E-state index is 7.15. The average Bonchev–Trinajstić information content (AvgIpc) is 3.35. The van der Waals surface area contributed by atoms with Crippen molar-refractivity contribution in [3.8, 4) is 0 Å². The lowest BCUT2D eigenvalue weighted by Gasteiger charge is -2.17. The summed E-state index contributed by atoms with van der Waals surface area (Å²) in [6.07, 6.45) is 16.6. The summed E-state index contributed by atoms with van der Waals surface area (Å²) in [5, 5.41) is 8.63. The molecule has 1 aliphatic carbocycles. The maximum absolute atomic E-state index is 7.15. The van der Waals surface area contributed by atoms with Crippen LogP contribution in [0.15, 0.2) is 118 Å². The summed E-state index contributed by atoms with van der Waals surface area (Å²) >= 11 is 7.15. The molecular weight excluding hydrogens is 544 g/mol. The van der Waals surface area contributed by atoms with Crippen molar-refractivity contribution in [2.75, 3.05) is 6.54 Å². The van der Waals surface area contributed by atoms with E-state index in [2.05, 4.69) is 122 Å². The van der Waals surface area contributed by atoms with Gasteiger partial charge >= 0.3 is 0 Å². The number of hydrogen-bond donors (Lipinski definition) is 0. The number of aromatic nitrogens is 1. The van der Waals surface area contributed by atoms with Crippen molar-refractivity contribution in [3.05, 3.63) is 124 Å². The number of fused-ring (bicyclic) bond motifs is 1. The highest BCUT2D eigenvalue weighted by atomic mass is 35.5. The third-order valence-corrected chi connectivity index (χ3v) is 9.16. The van der Waals surface area contributed by atoms with Crippen molar-refractivity contribution in [3.63, 3.8) is 0 Å². The van der Waals surface area contributed by atoms with E-state index in [1.165, 1.54) is 60.9 Å². The molecule has 0 N–H and O–H groups in total. The lowest BCUT2D eigenvalue weighted by molar-refractivity contribution is 0.640. The highest BCUT2D eigenvalue weighted by Crippen LogP contribution is 2.34. The zero-order valence-electron chi connectivity index (χ0n) is 25.5. The van der Waals surface area contributed by atoms with Crippen LogP contribution in [-0.4, -0.2) is 16.8 Å². The van der Waals surface area contributed by atoms with E-state index in [0.29, 0.717) is 0 Å². The predicted molar refractivity (Wildman–Crippen MR) is 188 cm³/mol. The van der Waals surface area contributed by atoms with Crippen LogP contribution in [0.1, 0.15) is 64.4 Å². The summed E-state index contributed by atoms with van der Waals surface area (Å²) in [5.41, 5.74) is 5.95. The van der Waals surface area contributed by atoms with E-state index in [0.717, 1.165) is 62.4 Å². The van der Waals surface area contributed by atoms with Crippen molar-refractivity contribution in [2.45, 2.75) is 65.3 Å². The van der Waals surface area contributed by atoms with Crippen LogP contribution < -0.4 is 5.35 Å². The molecule has 1 aliphatic rings. The molecule has 2 nitrogen and oxygen atoms in total. The number of hydrogen-bond acceptors (Lipinski definition) is 1. The van der Waals surface area contributed by atoms with Gasteiger partial charge < -0.3 is 4.57 Å². The molecule has 0 saturated carbocycles. The minimum atomic E-state index is 0.828. The Morgan fingerprint density at radius 3 is 2.42 bits per heavy atom. The second kappa shape index (κ2) is 13.6. The summed E-state index contributed by atoms with van der Waals surface area (Å²) in [4.78, 5) is 5.06. The molecule has 0 radical (unpaired) electrons. The van der Waals surface area contributed by atoms with Crippen molar-refractivity contribution < 1.29 is 0 Å². The fraction of sp³-hybridized carbons (Fsp3) is 0.275. The zero-order chi connectivity index (χ0) is 29.6. The van der Waals surface area contributed by atoms with Gasteiger partial charge in [0.25, 0.3) is 0 Å². The molecule has 218 valence electrons. The molecule has 0 spiro atoms. The molecule has 0 saturated heterocycles. The lowest BCUT2D eigenvalue weighted by Crippen LogP contribution is -2.16. The third-order valence-electron chi connectivity index (χ3n) is 8.68. The molecule has 1 heterocycles. The van der Waals surface area contributed by atoms with Crippen LogP contribution >= 0.6 is 11.6 Å². The molecule has 0 atom stereocenters. The molecule has 0 amide bonds. The molecule has 43 heavy (non-hydrogen) atoms. The SMILES string of the molecule is CCCC/N=C(\C=C\C1=C(Cl)C(=C/C=c2\c3cccc4cccc(c43)n2CCCC)/CCC1)c1cccc2ccccc12. The van der Waals surface area contributed by atoms with Crippen molar-refractivity contribution in [1.29, 1.82) is 0 Å². The van der Waals surface area contributed by atoms with Crippen LogP contribution in [0.25, 0.3) is 38.5 Å². The number of unbranched alkanes of at least 4 members (excludes halogenated alkanes) is 2. The first-order chi connectivity index (χ1) is 21.2. The minimum Gasteiger partial charge on any atom is -0.340 e. The summed E-state index contributed by atoms with van der Waals surface area (Å²) < 4.78 is 2.50. The smallest absolute Gasteiger partial charge is 0.0652 e. The number of aryl methyl sites for hydroxylation is 1. The van der Waals surface area contributed by atoms with Gasteiger partial charge in [0.1, 0.15) is 0 Å². The van der Waals surface area contributed by atoms with Gasteiger partial charge in [-0.05, 0) is 77.6 Å². The van der Waals surface area contributed by atoms with E-state index in [-0.39, 0.29) is 0 Å².